The molecule has 0 spiro atoms. The first kappa shape index (κ1) is 10.3. The van der Waals surface area contributed by atoms with Gasteiger partial charge in [-0.3, -0.25) is 4.79 Å². The van der Waals surface area contributed by atoms with Crippen LogP contribution in [0.3, 0.4) is 0 Å². The van der Waals surface area contributed by atoms with Crippen molar-refractivity contribution in [2.24, 2.45) is 5.73 Å². The maximum absolute atomic E-state index is 10.4. The summed E-state index contributed by atoms with van der Waals surface area (Å²) in [5, 5.41) is 0. The van der Waals surface area contributed by atoms with Gasteiger partial charge in [-0.15, -0.1) is 0 Å². The molecule has 1 atom stereocenters. The van der Waals surface area contributed by atoms with Crippen molar-refractivity contribution in [2.45, 2.75) is 13.3 Å². The Hall–Kier alpha value is -0.730. The second-order valence-corrected chi connectivity index (χ2v) is 3.21. The molecule has 0 saturated carbocycles. The molecule has 0 aromatic carbocycles. The van der Waals surface area contributed by atoms with Crippen molar-refractivity contribution in [1.29, 1.82) is 0 Å². The summed E-state index contributed by atoms with van der Waals surface area (Å²) in [6, 6.07) is 0. The minimum absolute atomic E-state index is 0.0694. The van der Waals surface area contributed by atoms with Crippen molar-refractivity contribution in [3.63, 3.8) is 0 Å². The molecule has 0 aliphatic rings. The highest BCUT2D eigenvalue weighted by molar-refractivity contribution is 7.36. The van der Waals surface area contributed by atoms with E-state index in [9.17, 15) is 14.3 Å². The lowest BCUT2D eigenvalue weighted by molar-refractivity contribution is -0.164. The van der Waals surface area contributed by atoms with E-state index in [1.165, 1.54) is 6.08 Å². The van der Waals surface area contributed by atoms with Crippen molar-refractivity contribution in [3.05, 3.63) is 11.6 Å². The molecule has 0 aromatic heterocycles. The molecule has 0 rings (SSSR count). The Morgan fingerprint density at radius 2 is 2.27 bits per heavy atom. The lowest BCUT2D eigenvalue weighted by Gasteiger charge is -1.91. The van der Waals surface area contributed by atoms with E-state index in [1.54, 1.807) is 6.92 Å². The van der Waals surface area contributed by atoms with E-state index in [0.717, 1.165) is 0 Å². The zero-order chi connectivity index (χ0) is 8.85. The summed E-state index contributed by atoms with van der Waals surface area (Å²) < 4.78 is 10.0. The molecule has 0 aliphatic heterocycles. The van der Waals surface area contributed by atoms with E-state index < -0.39 is 13.9 Å². The Morgan fingerprint density at radius 1 is 1.73 bits per heavy atom. The molecule has 0 aliphatic carbocycles. The second kappa shape index (κ2) is 4.99. The van der Waals surface area contributed by atoms with Crippen LogP contribution in [-0.2, 0) is 9.36 Å². The van der Waals surface area contributed by atoms with Crippen LogP contribution in [0.15, 0.2) is 11.6 Å². The van der Waals surface area contributed by atoms with Crippen LogP contribution in [0.4, 0.5) is 0 Å². The fourth-order valence-electron chi connectivity index (χ4n) is 0.487. The third-order valence-corrected chi connectivity index (χ3v) is 1.77. The van der Waals surface area contributed by atoms with Crippen molar-refractivity contribution in [2.75, 3.05) is 6.16 Å². The van der Waals surface area contributed by atoms with Gasteiger partial charge in [0.1, 0.15) is 6.16 Å². The van der Waals surface area contributed by atoms with Gasteiger partial charge in [-0.25, -0.2) is 0 Å². The molecule has 5 heteroatoms. The first-order valence-corrected chi connectivity index (χ1v) is 4.48. The predicted octanol–water partition coefficient (Wildman–Crippen LogP) is -0.0892. The SMILES string of the molecule is CC(=CCC[P+](=O)[O-])C(N)=O. The van der Waals surface area contributed by atoms with Gasteiger partial charge in [0.2, 0.25) is 5.91 Å². The molecule has 2 N–H and O–H groups in total. The number of carbonyl (C=O) groups is 1. The highest BCUT2D eigenvalue weighted by Gasteiger charge is 1.99. The third kappa shape index (κ3) is 5.70. The monoisotopic (exact) mass is 175 g/mol. The fraction of sp³-hybridized carbons (Fsp3) is 0.500. The lowest BCUT2D eigenvalue weighted by Crippen LogP contribution is -2.11. The quantitative estimate of drug-likeness (QED) is 0.478. The Bertz CT molecular complexity index is 200. The molecule has 0 radical (unpaired) electrons. The Balaban J connectivity index is 3.74. The smallest absolute Gasteiger partial charge is 0.309 e. The van der Waals surface area contributed by atoms with Gasteiger partial charge in [-0.1, -0.05) is 10.6 Å². The molecule has 1 amide bonds. The van der Waals surface area contributed by atoms with Crippen LogP contribution in [0.25, 0.3) is 0 Å². The van der Waals surface area contributed by atoms with E-state index in [2.05, 4.69) is 0 Å². The molecule has 4 nitrogen and oxygen atoms in total. The number of rotatable bonds is 4. The number of primary amides is 1. The molecule has 0 aromatic rings. The largest absolute Gasteiger partial charge is 0.596 e. The number of nitrogens with two attached hydrogens (primary N) is 1. The van der Waals surface area contributed by atoms with Gasteiger partial charge in [0.15, 0.2) is 0 Å². The van der Waals surface area contributed by atoms with Gasteiger partial charge in [0, 0.05) is 12.0 Å². The van der Waals surface area contributed by atoms with E-state index in [-0.39, 0.29) is 6.16 Å². The molecule has 0 fully saturated rings. The van der Waals surface area contributed by atoms with Gasteiger partial charge in [-0.05, 0) is 6.92 Å². The van der Waals surface area contributed by atoms with Crippen LogP contribution in [0.2, 0.25) is 0 Å². The van der Waals surface area contributed by atoms with Crippen LogP contribution < -0.4 is 10.6 Å². The van der Waals surface area contributed by atoms with Gasteiger partial charge in [0.05, 0.1) is 0 Å². The summed E-state index contributed by atoms with van der Waals surface area (Å²) in [5.41, 5.74) is 5.30. The van der Waals surface area contributed by atoms with E-state index >= 15 is 0 Å². The maximum Gasteiger partial charge on any atom is 0.309 e. The van der Waals surface area contributed by atoms with Gasteiger partial charge in [0.25, 0.3) is 0 Å². The number of amides is 1. The van der Waals surface area contributed by atoms with Crippen LogP contribution in [0.1, 0.15) is 13.3 Å². The number of allylic oxidation sites excluding steroid dienone is 1. The molecule has 11 heavy (non-hydrogen) atoms. The molecule has 1 unspecified atom stereocenters. The average Bonchev–Trinajstić information content (AvgIpc) is 1.86. The summed E-state index contributed by atoms with van der Waals surface area (Å²) in [6.45, 7) is 1.56. The van der Waals surface area contributed by atoms with Gasteiger partial charge < -0.3 is 10.6 Å². The maximum atomic E-state index is 10.4. The van der Waals surface area contributed by atoms with Crippen LogP contribution in [-0.4, -0.2) is 12.1 Å². The predicted molar refractivity (Wildman–Crippen MR) is 40.0 cm³/mol. The Labute approximate surface area is 66.0 Å². The summed E-state index contributed by atoms with van der Waals surface area (Å²) in [5.74, 6) is -0.508. The molecule has 62 valence electrons. The first-order valence-electron chi connectivity index (χ1n) is 3.12. The van der Waals surface area contributed by atoms with Crippen LogP contribution >= 0.6 is 8.03 Å². The standard InChI is InChI=1S/C6H10NO3P/c1-5(6(7)8)3-2-4-11(9)10/h3H,2,4H2,1H3,(H2,7,8). The number of hydrogen-bond acceptors (Lipinski definition) is 3. The molecular formula is C6H10NO3P. The van der Waals surface area contributed by atoms with Gasteiger partial charge in [-0.2, -0.15) is 0 Å². The number of carbonyl (C=O) groups excluding carboxylic acids is 1. The third-order valence-electron chi connectivity index (χ3n) is 1.15. The summed E-state index contributed by atoms with van der Waals surface area (Å²) in [6.07, 6.45) is 1.95. The van der Waals surface area contributed by atoms with Crippen molar-refractivity contribution >= 4 is 13.9 Å². The zero-order valence-corrected chi connectivity index (χ0v) is 7.14. The average molecular weight is 175 g/mol. The van der Waals surface area contributed by atoms with Crippen molar-refractivity contribution in [3.8, 4) is 0 Å². The molecule has 0 bridgehead atoms. The zero-order valence-electron chi connectivity index (χ0n) is 6.24. The Kier molecular flexibility index (Phi) is 4.66. The Morgan fingerprint density at radius 3 is 2.64 bits per heavy atom. The molecule has 0 saturated heterocycles. The summed E-state index contributed by atoms with van der Waals surface area (Å²) in [4.78, 5) is 20.4. The topological polar surface area (TPSA) is 83.2 Å². The molecular weight excluding hydrogens is 165 g/mol. The molecule has 0 heterocycles. The van der Waals surface area contributed by atoms with E-state index in [0.29, 0.717) is 12.0 Å². The minimum Gasteiger partial charge on any atom is -0.596 e. The van der Waals surface area contributed by atoms with E-state index in [1.807, 2.05) is 0 Å². The van der Waals surface area contributed by atoms with Crippen molar-refractivity contribution in [1.82, 2.24) is 0 Å². The minimum atomic E-state index is -2.35. The fourth-order valence-corrected chi connectivity index (χ4v) is 0.827. The summed E-state index contributed by atoms with van der Waals surface area (Å²) in [7, 11) is -2.35. The van der Waals surface area contributed by atoms with Crippen LogP contribution in [0, 0.1) is 0 Å². The van der Waals surface area contributed by atoms with Gasteiger partial charge >= 0.3 is 8.03 Å². The second-order valence-electron chi connectivity index (χ2n) is 2.10. The lowest BCUT2D eigenvalue weighted by atomic mass is 10.2. The van der Waals surface area contributed by atoms with Crippen LogP contribution in [0.5, 0.6) is 0 Å². The normalized spacial score (nSPS) is 12.9. The van der Waals surface area contributed by atoms with Crippen molar-refractivity contribution < 1.29 is 14.3 Å². The number of hydrogen-bond donors (Lipinski definition) is 1. The first-order chi connectivity index (χ1) is 5.04. The highest BCUT2D eigenvalue weighted by atomic mass is 31.1. The summed E-state index contributed by atoms with van der Waals surface area (Å²) >= 11 is 0. The van der Waals surface area contributed by atoms with E-state index in [4.69, 9.17) is 5.73 Å². The highest BCUT2D eigenvalue weighted by Crippen LogP contribution is 2.09.